The molecule has 0 heterocycles. The van der Waals surface area contributed by atoms with Gasteiger partial charge in [0.25, 0.3) is 0 Å². The van der Waals surface area contributed by atoms with Crippen LogP contribution in [0.15, 0.2) is 97.1 Å². The molecule has 0 fully saturated rings. The number of methoxy groups -OCH3 is 4. The van der Waals surface area contributed by atoms with Crippen molar-refractivity contribution in [2.24, 2.45) is 0 Å². The predicted octanol–water partition coefficient (Wildman–Crippen LogP) is 5.95. The molecule has 0 radical (unpaired) electrons. The molecule has 8 heteroatoms. The van der Waals surface area contributed by atoms with Crippen LogP contribution >= 0.6 is 0 Å². The van der Waals surface area contributed by atoms with Gasteiger partial charge in [-0.3, -0.25) is 0 Å². The number of benzene rings is 4. The zero-order valence-corrected chi connectivity index (χ0v) is 21.0. The average Bonchev–Trinajstić information content (AvgIpc) is 2.94. The zero-order valence-electron chi connectivity index (χ0n) is 21.0. The SMILES string of the molecule is COc1ccc(OC(Oc2ccc(OC)cc2)(Oc2ccc(OC)cc2)Oc2ccc(OC)cc2)cc1. The van der Waals surface area contributed by atoms with Crippen LogP contribution in [0.4, 0.5) is 0 Å². The third-order valence-electron chi connectivity index (χ3n) is 5.21. The first-order valence-electron chi connectivity index (χ1n) is 11.4. The molecule has 4 aromatic carbocycles. The maximum absolute atomic E-state index is 6.27. The number of hydrogen-bond acceptors (Lipinski definition) is 8. The molecular weight excluding hydrogens is 476 g/mol. The van der Waals surface area contributed by atoms with Gasteiger partial charge in [0.1, 0.15) is 46.0 Å². The second-order valence-corrected chi connectivity index (χ2v) is 7.61. The summed E-state index contributed by atoms with van der Waals surface area (Å²) in [5.41, 5.74) is 0. The lowest BCUT2D eigenvalue weighted by Crippen LogP contribution is -2.53. The fourth-order valence-corrected chi connectivity index (χ4v) is 3.28. The van der Waals surface area contributed by atoms with E-state index in [-0.39, 0.29) is 0 Å². The summed E-state index contributed by atoms with van der Waals surface area (Å²) in [6.07, 6.45) is -2.08. The molecule has 0 bridgehead atoms. The van der Waals surface area contributed by atoms with Gasteiger partial charge in [-0.1, -0.05) is 0 Å². The smallest absolute Gasteiger partial charge is 0.497 e. The molecule has 0 unspecified atom stereocenters. The number of ether oxygens (including phenoxy) is 8. The first-order chi connectivity index (χ1) is 18.0. The molecule has 0 amide bonds. The molecule has 0 aliphatic carbocycles. The Labute approximate surface area is 215 Å². The molecule has 4 aromatic rings. The minimum atomic E-state index is -2.08. The van der Waals surface area contributed by atoms with Gasteiger partial charge in [-0.25, -0.2) is 0 Å². The van der Waals surface area contributed by atoms with Crippen molar-refractivity contribution in [1.29, 1.82) is 0 Å². The van der Waals surface area contributed by atoms with Crippen molar-refractivity contribution in [2.45, 2.75) is 6.16 Å². The van der Waals surface area contributed by atoms with Gasteiger partial charge in [0.15, 0.2) is 0 Å². The van der Waals surface area contributed by atoms with Crippen LogP contribution < -0.4 is 37.9 Å². The van der Waals surface area contributed by atoms with Crippen molar-refractivity contribution >= 4 is 0 Å². The monoisotopic (exact) mass is 504 g/mol. The van der Waals surface area contributed by atoms with Gasteiger partial charge in [-0.05, 0) is 97.1 Å². The van der Waals surface area contributed by atoms with Gasteiger partial charge >= 0.3 is 6.16 Å². The van der Waals surface area contributed by atoms with Crippen LogP contribution in [-0.2, 0) is 0 Å². The lowest BCUT2D eigenvalue weighted by atomic mass is 10.3. The second-order valence-electron chi connectivity index (χ2n) is 7.61. The highest BCUT2D eigenvalue weighted by molar-refractivity contribution is 5.36. The van der Waals surface area contributed by atoms with Gasteiger partial charge in [-0.15, -0.1) is 0 Å². The van der Waals surface area contributed by atoms with Gasteiger partial charge in [0.2, 0.25) is 0 Å². The van der Waals surface area contributed by atoms with Crippen molar-refractivity contribution in [1.82, 2.24) is 0 Å². The second kappa shape index (κ2) is 11.8. The average molecular weight is 505 g/mol. The van der Waals surface area contributed by atoms with Gasteiger partial charge in [0.05, 0.1) is 28.4 Å². The van der Waals surface area contributed by atoms with Crippen LogP contribution in [0.3, 0.4) is 0 Å². The van der Waals surface area contributed by atoms with E-state index in [1.165, 1.54) is 0 Å². The van der Waals surface area contributed by atoms with E-state index in [1.807, 2.05) is 0 Å². The van der Waals surface area contributed by atoms with Crippen molar-refractivity contribution in [2.75, 3.05) is 28.4 Å². The fourth-order valence-electron chi connectivity index (χ4n) is 3.28. The Morgan fingerprint density at radius 2 is 0.459 bits per heavy atom. The van der Waals surface area contributed by atoms with E-state index in [9.17, 15) is 0 Å². The largest absolute Gasteiger partial charge is 0.611 e. The lowest BCUT2D eigenvalue weighted by Gasteiger charge is -2.32. The fraction of sp³-hybridized carbons (Fsp3) is 0.172. The minimum absolute atomic E-state index is 0.413. The Balaban J connectivity index is 1.76. The molecule has 0 aliphatic heterocycles. The summed E-state index contributed by atoms with van der Waals surface area (Å²) >= 11 is 0. The number of rotatable bonds is 12. The van der Waals surface area contributed by atoms with E-state index in [4.69, 9.17) is 37.9 Å². The Hall–Kier alpha value is -4.72. The van der Waals surface area contributed by atoms with Crippen LogP contribution in [0.2, 0.25) is 0 Å². The van der Waals surface area contributed by atoms with E-state index < -0.39 is 6.16 Å². The van der Waals surface area contributed by atoms with Crippen molar-refractivity contribution in [3.8, 4) is 46.0 Å². The highest BCUT2D eigenvalue weighted by atomic mass is 17.0. The van der Waals surface area contributed by atoms with E-state index in [2.05, 4.69) is 0 Å². The standard InChI is InChI=1S/C29H28O8/c1-30-21-5-13-25(14-6-21)34-29(35-26-15-7-22(31-2)8-16-26,36-27-17-9-23(32-3)10-18-27)37-28-19-11-24(33-4)12-20-28/h5-20H,1-4H3. The molecule has 0 spiro atoms. The minimum Gasteiger partial charge on any atom is -0.497 e. The molecule has 37 heavy (non-hydrogen) atoms. The maximum atomic E-state index is 6.27. The zero-order chi connectivity index (χ0) is 26.1. The van der Waals surface area contributed by atoms with E-state index in [0.717, 1.165) is 0 Å². The highest BCUT2D eigenvalue weighted by Crippen LogP contribution is 2.32. The third-order valence-corrected chi connectivity index (χ3v) is 5.21. The van der Waals surface area contributed by atoms with Crippen LogP contribution in [0.1, 0.15) is 0 Å². The third kappa shape index (κ3) is 6.70. The predicted molar refractivity (Wildman–Crippen MR) is 137 cm³/mol. The first-order valence-corrected chi connectivity index (χ1v) is 11.4. The summed E-state index contributed by atoms with van der Waals surface area (Å²) in [6.45, 7) is 0. The van der Waals surface area contributed by atoms with E-state index in [0.29, 0.717) is 46.0 Å². The van der Waals surface area contributed by atoms with Gasteiger partial charge in [0, 0.05) is 0 Å². The topological polar surface area (TPSA) is 73.8 Å². The molecule has 8 nitrogen and oxygen atoms in total. The summed E-state index contributed by atoms with van der Waals surface area (Å²) in [6, 6.07) is 27.8. The molecule has 192 valence electrons. The maximum Gasteiger partial charge on any atom is 0.611 e. The summed E-state index contributed by atoms with van der Waals surface area (Å²) in [5.74, 6) is 4.32. The molecular formula is C29H28O8. The van der Waals surface area contributed by atoms with Gasteiger partial charge in [-0.2, -0.15) is 0 Å². The van der Waals surface area contributed by atoms with Gasteiger partial charge < -0.3 is 37.9 Å². The Morgan fingerprint density at radius 3 is 0.622 bits per heavy atom. The highest BCUT2D eigenvalue weighted by Gasteiger charge is 2.44. The number of hydrogen-bond donors (Lipinski definition) is 0. The van der Waals surface area contributed by atoms with Crippen molar-refractivity contribution in [3.05, 3.63) is 97.1 Å². The Bertz CT molecular complexity index is 1030. The molecule has 0 saturated heterocycles. The van der Waals surface area contributed by atoms with Crippen LogP contribution in [0, 0.1) is 0 Å². The summed E-state index contributed by atoms with van der Waals surface area (Å²) in [4.78, 5) is 0. The van der Waals surface area contributed by atoms with Crippen LogP contribution in [-0.4, -0.2) is 34.6 Å². The molecule has 0 N–H and O–H groups in total. The van der Waals surface area contributed by atoms with Crippen molar-refractivity contribution in [3.63, 3.8) is 0 Å². The summed E-state index contributed by atoms with van der Waals surface area (Å²) < 4.78 is 46.1. The normalized spacial score (nSPS) is 10.7. The summed E-state index contributed by atoms with van der Waals surface area (Å²) in [5, 5.41) is 0. The van der Waals surface area contributed by atoms with E-state index in [1.54, 1.807) is 126 Å². The molecule has 0 aromatic heterocycles. The molecule has 0 aliphatic rings. The molecule has 4 rings (SSSR count). The lowest BCUT2D eigenvalue weighted by molar-refractivity contribution is -0.367. The Kier molecular flexibility index (Phi) is 8.10. The van der Waals surface area contributed by atoms with Crippen molar-refractivity contribution < 1.29 is 37.9 Å². The van der Waals surface area contributed by atoms with Crippen LogP contribution in [0.25, 0.3) is 0 Å². The molecule has 0 atom stereocenters. The first kappa shape index (κ1) is 25.4. The Morgan fingerprint density at radius 1 is 0.297 bits per heavy atom. The molecule has 0 saturated carbocycles. The quantitative estimate of drug-likeness (QED) is 0.219. The summed E-state index contributed by atoms with van der Waals surface area (Å²) in [7, 11) is 6.36. The van der Waals surface area contributed by atoms with Crippen LogP contribution in [0.5, 0.6) is 46.0 Å². The van der Waals surface area contributed by atoms with E-state index >= 15 is 0 Å².